The molecule has 3 rings (SSSR count). The van der Waals surface area contributed by atoms with Crippen LogP contribution >= 0.6 is 0 Å². The van der Waals surface area contributed by atoms with E-state index in [1.54, 1.807) is 6.92 Å². The molecule has 0 radical (unpaired) electrons. The summed E-state index contributed by atoms with van der Waals surface area (Å²) in [5, 5.41) is 2.96. The van der Waals surface area contributed by atoms with E-state index >= 15 is 0 Å². The van der Waals surface area contributed by atoms with Crippen molar-refractivity contribution < 1.29 is 9.59 Å². The first-order valence-electron chi connectivity index (χ1n) is 9.28. The Balaban J connectivity index is 1.68. The van der Waals surface area contributed by atoms with Gasteiger partial charge in [0.2, 0.25) is 11.8 Å². The average Bonchev–Trinajstić information content (AvgIpc) is 2.67. The lowest BCUT2D eigenvalue weighted by atomic mass is 9.88. The van der Waals surface area contributed by atoms with Crippen molar-refractivity contribution in [1.29, 1.82) is 0 Å². The molecule has 0 bridgehead atoms. The van der Waals surface area contributed by atoms with Crippen molar-refractivity contribution in [2.24, 2.45) is 0 Å². The molecule has 2 amide bonds. The zero-order chi connectivity index (χ0) is 18.4. The van der Waals surface area contributed by atoms with E-state index in [9.17, 15) is 9.59 Å². The Bertz CT molecular complexity index is 683. The number of nitrogens with zero attached hydrogens (tertiary/aromatic N) is 1. The van der Waals surface area contributed by atoms with E-state index in [1.165, 1.54) is 11.1 Å². The normalized spacial score (nSPS) is 15.1. The molecular formula is C22H26N2O2. The van der Waals surface area contributed by atoms with Gasteiger partial charge in [-0.25, -0.2) is 0 Å². The molecule has 1 saturated heterocycles. The Kier molecular flexibility index (Phi) is 6.05. The van der Waals surface area contributed by atoms with Crippen LogP contribution in [0.25, 0.3) is 0 Å². The number of nitrogens with one attached hydrogen (secondary N) is 1. The molecule has 0 unspecified atom stereocenters. The van der Waals surface area contributed by atoms with Gasteiger partial charge in [0.05, 0.1) is 0 Å². The molecule has 1 N–H and O–H groups in total. The number of amides is 2. The SMILES string of the molecule is CC(=O)NC1CCN(C(=O)CC(c2ccccc2)c2ccccc2)CC1. The standard InChI is InChI=1S/C22H26N2O2/c1-17(25)23-20-12-14-24(15-13-20)22(26)16-21(18-8-4-2-5-9-18)19-10-6-3-7-11-19/h2-11,20-21H,12-16H2,1H3,(H,23,25). The maximum absolute atomic E-state index is 12.9. The van der Waals surface area contributed by atoms with Crippen LogP contribution in [0.4, 0.5) is 0 Å². The summed E-state index contributed by atoms with van der Waals surface area (Å²) in [6, 6.07) is 20.6. The monoisotopic (exact) mass is 350 g/mol. The van der Waals surface area contributed by atoms with Crippen LogP contribution in [0.2, 0.25) is 0 Å². The smallest absolute Gasteiger partial charge is 0.223 e. The zero-order valence-electron chi connectivity index (χ0n) is 15.2. The van der Waals surface area contributed by atoms with E-state index in [1.807, 2.05) is 41.3 Å². The van der Waals surface area contributed by atoms with Gasteiger partial charge in [0, 0.05) is 38.4 Å². The molecule has 1 heterocycles. The maximum atomic E-state index is 12.9. The van der Waals surface area contributed by atoms with E-state index < -0.39 is 0 Å². The summed E-state index contributed by atoms with van der Waals surface area (Å²) in [6.45, 7) is 2.96. The molecule has 1 aliphatic rings. The molecule has 2 aromatic rings. The third-order valence-electron chi connectivity index (χ3n) is 5.04. The number of carbonyl (C=O) groups is 2. The Morgan fingerprint density at radius 2 is 1.46 bits per heavy atom. The van der Waals surface area contributed by atoms with Crippen molar-refractivity contribution in [1.82, 2.24) is 10.2 Å². The van der Waals surface area contributed by atoms with Gasteiger partial charge in [-0.3, -0.25) is 9.59 Å². The molecule has 4 heteroatoms. The van der Waals surface area contributed by atoms with E-state index in [4.69, 9.17) is 0 Å². The van der Waals surface area contributed by atoms with Crippen LogP contribution < -0.4 is 5.32 Å². The molecule has 0 spiro atoms. The quantitative estimate of drug-likeness (QED) is 0.899. The largest absolute Gasteiger partial charge is 0.353 e. The highest BCUT2D eigenvalue weighted by Gasteiger charge is 2.26. The van der Waals surface area contributed by atoms with E-state index in [0.717, 1.165) is 12.8 Å². The molecule has 0 atom stereocenters. The van der Waals surface area contributed by atoms with Gasteiger partial charge in [-0.2, -0.15) is 0 Å². The lowest BCUT2D eigenvalue weighted by Gasteiger charge is -2.33. The fourth-order valence-electron chi connectivity index (χ4n) is 3.66. The highest BCUT2D eigenvalue weighted by molar-refractivity contribution is 5.78. The molecule has 136 valence electrons. The Morgan fingerprint density at radius 1 is 0.962 bits per heavy atom. The van der Waals surface area contributed by atoms with E-state index in [-0.39, 0.29) is 23.8 Å². The summed E-state index contributed by atoms with van der Waals surface area (Å²) in [4.78, 5) is 26.1. The Morgan fingerprint density at radius 3 is 1.92 bits per heavy atom. The van der Waals surface area contributed by atoms with Crippen LogP contribution in [0.15, 0.2) is 60.7 Å². The molecule has 0 aliphatic carbocycles. The number of carbonyl (C=O) groups excluding carboxylic acids is 2. The van der Waals surface area contributed by atoms with Crippen LogP contribution in [0, 0.1) is 0 Å². The van der Waals surface area contributed by atoms with Gasteiger partial charge in [0.1, 0.15) is 0 Å². The molecule has 26 heavy (non-hydrogen) atoms. The predicted molar refractivity (Wildman–Crippen MR) is 103 cm³/mol. The highest BCUT2D eigenvalue weighted by atomic mass is 16.2. The van der Waals surface area contributed by atoms with Gasteiger partial charge in [-0.15, -0.1) is 0 Å². The van der Waals surface area contributed by atoms with Crippen molar-refractivity contribution in [3.63, 3.8) is 0 Å². The van der Waals surface area contributed by atoms with Gasteiger partial charge >= 0.3 is 0 Å². The van der Waals surface area contributed by atoms with Crippen molar-refractivity contribution in [3.05, 3.63) is 71.8 Å². The number of rotatable bonds is 5. The topological polar surface area (TPSA) is 49.4 Å². The van der Waals surface area contributed by atoms with Crippen LogP contribution in [-0.4, -0.2) is 35.8 Å². The minimum Gasteiger partial charge on any atom is -0.353 e. The highest BCUT2D eigenvalue weighted by Crippen LogP contribution is 2.29. The minimum absolute atomic E-state index is 0.00277. The van der Waals surface area contributed by atoms with E-state index in [0.29, 0.717) is 19.5 Å². The van der Waals surface area contributed by atoms with Gasteiger partial charge in [0.25, 0.3) is 0 Å². The fourth-order valence-corrected chi connectivity index (χ4v) is 3.66. The first kappa shape index (κ1) is 18.2. The first-order valence-corrected chi connectivity index (χ1v) is 9.28. The molecule has 1 aliphatic heterocycles. The molecule has 0 saturated carbocycles. The van der Waals surface area contributed by atoms with Crippen molar-refractivity contribution in [3.8, 4) is 0 Å². The lowest BCUT2D eigenvalue weighted by molar-refractivity contribution is -0.132. The summed E-state index contributed by atoms with van der Waals surface area (Å²) in [6.07, 6.45) is 2.12. The predicted octanol–water partition coefficient (Wildman–Crippen LogP) is 3.34. The van der Waals surface area contributed by atoms with Crippen LogP contribution in [-0.2, 0) is 9.59 Å². The third-order valence-corrected chi connectivity index (χ3v) is 5.04. The second-order valence-corrected chi connectivity index (χ2v) is 6.93. The summed E-state index contributed by atoms with van der Waals surface area (Å²) >= 11 is 0. The maximum Gasteiger partial charge on any atom is 0.223 e. The van der Waals surface area contributed by atoms with E-state index in [2.05, 4.69) is 29.6 Å². The van der Waals surface area contributed by atoms with Crippen LogP contribution in [0.5, 0.6) is 0 Å². The van der Waals surface area contributed by atoms with Crippen LogP contribution in [0.3, 0.4) is 0 Å². The molecule has 4 nitrogen and oxygen atoms in total. The van der Waals surface area contributed by atoms with Crippen molar-refractivity contribution in [2.75, 3.05) is 13.1 Å². The zero-order valence-corrected chi connectivity index (χ0v) is 15.2. The second-order valence-electron chi connectivity index (χ2n) is 6.93. The van der Waals surface area contributed by atoms with Crippen molar-refractivity contribution >= 4 is 11.8 Å². The van der Waals surface area contributed by atoms with Gasteiger partial charge < -0.3 is 10.2 Å². The van der Waals surface area contributed by atoms with Crippen LogP contribution in [0.1, 0.15) is 43.2 Å². The second kappa shape index (κ2) is 8.65. The summed E-state index contributed by atoms with van der Waals surface area (Å²) < 4.78 is 0. The number of likely N-dealkylation sites (tertiary alicyclic amines) is 1. The third kappa shape index (κ3) is 4.72. The minimum atomic E-state index is 0.00277. The number of hydrogen-bond donors (Lipinski definition) is 1. The summed E-state index contributed by atoms with van der Waals surface area (Å²) in [7, 11) is 0. The number of piperidine rings is 1. The van der Waals surface area contributed by atoms with Gasteiger partial charge in [-0.1, -0.05) is 60.7 Å². The molecule has 0 aromatic heterocycles. The molecule has 1 fully saturated rings. The van der Waals surface area contributed by atoms with Gasteiger partial charge in [-0.05, 0) is 24.0 Å². The average molecular weight is 350 g/mol. The fraction of sp³-hybridized carbons (Fsp3) is 0.364. The van der Waals surface area contributed by atoms with Crippen molar-refractivity contribution in [2.45, 2.75) is 38.1 Å². The summed E-state index contributed by atoms with van der Waals surface area (Å²) in [5.41, 5.74) is 2.33. The lowest BCUT2D eigenvalue weighted by Crippen LogP contribution is -2.46. The number of benzene rings is 2. The molecular weight excluding hydrogens is 324 g/mol. The van der Waals surface area contributed by atoms with Gasteiger partial charge in [0.15, 0.2) is 0 Å². The Labute approximate surface area is 155 Å². The Hall–Kier alpha value is -2.62. The number of hydrogen-bond acceptors (Lipinski definition) is 2. The summed E-state index contributed by atoms with van der Waals surface area (Å²) in [5.74, 6) is 0.255. The first-order chi connectivity index (χ1) is 12.6. The molecule has 2 aromatic carbocycles.